The second-order valence-electron chi connectivity index (χ2n) is 2.89. The summed E-state index contributed by atoms with van der Waals surface area (Å²) in [5.41, 5.74) is 2.25. The van der Waals surface area contributed by atoms with Crippen LogP contribution in [0.2, 0.25) is 0 Å². The molecule has 0 radical (unpaired) electrons. The fourth-order valence-electron chi connectivity index (χ4n) is 1.37. The number of aromatic nitrogens is 2. The topological polar surface area (TPSA) is 37.9 Å². The van der Waals surface area contributed by atoms with Crippen molar-refractivity contribution in [2.75, 3.05) is 0 Å². The molecule has 1 aromatic heterocycles. The highest BCUT2D eigenvalue weighted by Gasteiger charge is 2.09. The van der Waals surface area contributed by atoms with Crippen LogP contribution in [0.5, 0.6) is 5.75 Å². The van der Waals surface area contributed by atoms with E-state index in [1.54, 1.807) is 6.07 Å². The van der Waals surface area contributed by atoms with Crippen LogP contribution in [0, 0.1) is 0 Å². The number of H-pyrrole nitrogens is 1. The van der Waals surface area contributed by atoms with Gasteiger partial charge in [0.1, 0.15) is 5.75 Å². The Hall–Kier alpha value is -1.17. The van der Waals surface area contributed by atoms with Gasteiger partial charge in [0.25, 0.3) is 0 Å². The number of aromatic amines is 1. The Morgan fingerprint density at radius 3 is 2.93 bits per heavy atom. The zero-order valence-corrected chi connectivity index (χ0v) is 9.09. The first kappa shape index (κ1) is 10.4. The zero-order chi connectivity index (χ0) is 10.8. The lowest BCUT2D eigenvalue weighted by Gasteiger charge is -2.06. The second kappa shape index (κ2) is 4.14. The van der Waals surface area contributed by atoms with E-state index < -0.39 is 6.61 Å². The molecule has 0 saturated heterocycles. The van der Waals surface area contributed by atoms with Gasteiger partial charge >= 0.3 is 6.61 Å². The van der Waals surface area contributed by atoms with Crippen molar-refractivity contribution in [2.45, 2.75) is 11.9 Å². The first-order valence-corrected chi connectivity index (χ1v) is 5.29. The second-order valence-corrected chi connectivity index (χ2v) is 3.45. The Bertz CT molecular complexity index is 472. The van der Waals surface area contributed by atoms with Gasteiger partial charge in [-0.3, -0.25) is 0 Å². The third-order valence-electron chi connectivity index (χ3n) is 1.95. The van der Waals surface area contributed by atoms with Crippen LogP contribution in [0.1, 0.15) is 5.56 Å². The number of hydrogen-bond donors (Lipinski definition) is 1. The predicted octanol–water partition coefficient (Wildman–Crippen LogP) is 3.06. The maximum absolute atomic E-state index is 12.0. The third kappa shape index (κ3) is 2.09. The Morgan fingerprint density at radius 1 is 1.47 bits per heavy atom. The fraction of sp³-hybridized carbons (Fsp3) is 0.222. The third-order valence-corrected chi connectivity index (χ3v) is 2.55. The molecule has 1 aromatic carbocycles. The highest BCUT2D eigenvalue weighted by atomic mass is 79.9. The Balaban J connectivity index is 2.49. The number of hydrogen-bond acceptors (Lipinski definition) is 2. The van der Waals surface area contributed by atoms with Gasteiger partial charge in [-0.2, -0.15) is 8.78 Å². The van der Waals surface area contributed by atoms with Crippen molar-refractivity contribution in [3.63, 3.8) is 0 Å². The summed E-state index contributed by atoms with van der Waals surface area (Å²) in [6.45, 7) is -2.81. The van der Waals surface area contributed by atoms with Crippen molar-refractivity contribution < 1.29 is 13.5 Å². The Kier molecular flexibility index (Phi) is 2.86. The molecule has 0 aliphatic carbocycles. The summed E-state index contributed by atoms with van der Waals surface area (Å²) in [4.78, 5) is 6.93. The number of fused-ring (bicyclic) bond motifs is 1. The number of benzene rings is 1. The van der Waals surface area contributed by atoms with Gasteiger partial charge in [0.15, 0.2) is 0 Å². The number of nitrogens with one attached hydrogen (secondary N) is 1. The van der Waals surface area contributed by atoms with E-state index in [-0.39, 0.29) is 5.75 Å². The van der Waals surface area contributed by atoms with E-state index in [0.717, 1.165) is 11.1 Å². The molecule has 0 aliphatic rings. The average Bonchev–Trinajstić information content (AvgIpc) is 2.63. The summed E-state index contributed by atoms with van der Waals surface area (Å²) in [5, 5.41) is 0.536. The molecular weight excluding hydrogens is 270 g/mol. The van der Waals surface area contributed by atoms with Gasteiger partial charge in [-0.25, -0.2) is 4.98 Å². The highest BCUT2D eigenvalue weighted by Crippen LogP contribution is 2.25. The molecule has 0 atom stereocenters. The molecule has 0 unspecified atom stereocenters. The first-order chi connectivity index (χ1) is 7.20. The van der Waals surface area contributed by atoms with E-state index >= 15 is 0 Å². The summed E-state index contributed by atoms with van der Waals surface area (Å²) in [6.07, 6.45) is 1.52. The standard InChI is InChI=1S/C9H7BrF2N2O/c10-3-5-1-6(15-9(11)12)2-7-8(5)14-4-13-7/h1-2,4,9H,3H2,(H,13,14). The monoisotopic (exact) mass is 276 g/mol. The summed E-state index contributed by atoms with van der Waals surface area (Å²) < 4.78 is 28.4. The molecule has 15 heavy (non-hydrogen) atoms. The van der Waals surface area contributed by atoms with E-state index in [1.807, 2.05) is 0 Å². The van der Waals surface area contributed by atoms with Gasteiger partial charge in [-0.05, 0) is 11.6 Å². The van der Waals surface area contributed by atoms with Crippen molar-refractivity contribution >= 4 is 27.0 Å². The molecule has 6 heteroatoms. The van der Waals surface area contributed by atoms with Crippen LogP contribution in [0.25, 0.3) is 11.0 Å². The van der Waals surface area contributed by atoms with Crippen molar-refractivity contribution in [2.24, 2.45) is 0 Å². The van der Waals surface area contributed by atoms with Gasteiger partial charge in [0, 0.05) is 11.4 Å². The van der Waals surface area contributed by atoms with Crippen molar-refractivity contribution in [3.8, 4) is 5.75 Å². The van der Waals surface area contributed by atoms with Crippen LogP contribution >= 0.6 is 15.9 Å². The molecule has 2 aromatic rings. The summed E-state index contributed by atoms with van der Waals surface area (Å²) >= 11 is 3.27. The maximum atomic E-state index is 12.0. The van der Waals surface area contributed by atoms with Crippen LogP contribution in [-0.2, 0) is 5.33 Å². The molecule has 1 heterocycles. The molecule has 0 aliphatic heterocycles. The summed E-state index contributed by atoms with van der Waals surface area (Å²) in [5.74, 6) is 0.135. The Labute approximate surface area is 92.6 Å². The lowest BCUT2D eigenvalue weighted by molar-refractivity contribution is -0.0497. The normalized spacial score (nSPS) is 11.2. The van der Waals surface area contributed by atoms with Gasteiger partial charge in [0.05, 0.1) is 17.4 Å². The van der Waals surface area contributed by atoms with Crippen molar-refractivity contribution in [1.29, 1.82) is 0 Å². The fourth-order valence-corrected chi connectivity index (χ4v) is 1.79. The minimum atomic E-state index is -2.81. The molecule has 0 bridgehead atoms. The van der Waals surface area contributed by atoms with Gasteiger partial charge in [-0.15, -0.1) is 0 Å². The van der Waals surface area contributed by atoms with Crippen molar-refractivity contribution in [3.05, 3.63) is 24.0 Å². The number of ether oxygens (including phenoxy) is 1. The molecule has 0 saturated carbocycles. The van der Waals surface area contributed by atoms with Gasteiger partial charge < -0.3 is 9.72 Å². The average molecular weight is 277 g/mol. The zero-order valence-electron chi connectivity index (χ0n) is 7.51. The number of nitrogens with zero attached hydrogens (tertiary/aromatic N) is 1. The van der Waals surface area contributed by atoms with Crippen molar-refractivity contribution in [1.82, 2.24) is 9.97 Å². The lowest BCUT2D eigenvalue weighted by atomic mass is 10.2. The minimum Gasteiger partial charge on any atom is -0.435 e. The van der Waals surface area contributed by atoms with Gasteiger partial charge in [0.2, 0.25) is 0 Å². The Morgan fingerprint density at radius 2 is 2.27 bits per heavy atom. The number of imidazole rings is 1. The van der Waals surface area contributed by atoms with E-state index in [0.29, 0.717) is 10.8 Å². The highest BCUT2D eigenvalue weighted by molar-refractivity contribution is 9.08. The maximum Gasteiger partial charge on any atom is 0.387 e. The molecule has 0 amide bonds. The first-order valence-electron chi connectivity index (χ1n) is 4.17. The number of rotatable bonds is 3. The predicted molar refractivity (Wildman–Crippen MR) is 55.4 cm³/mol. The number of halogens is 3. The molecule has 0 spiro atoms. The molecular formula is C9H7BrF2N2O. The van der Waals surface area contributed by atoms with E-state index in [1.165, 1.54) is 12.4 Å². The van der Waals surface area contributed by atoms with Crippen LogP contribution in [-0.4, -0.2) is 16.6 Å². The summed E-state index contributed by atoms with van der Waals surface area (Å²) in [7, 11) is 0. The van der Waals surface area contributed by atoms with Gasteiger partial charge in [-0.1, -0.05) is 15.9 Å². The molecule has 3 nitrogen and oxygen atoms in total. The van der Waals surface area contributed by atoms with Crippen LogP contribution < -0.4 is 4.74 Å². The molecule has 2 rings (SSSR count). The SMILES string of the molecule is FC(F)Oc1cc(CBr)c2nc[nH]c2c1. The van der Waals surface area contributed by atoms with Crippen LogP contribution in [0.3, 0.4) is 0 Å². The van der Waals surface area contributed by atoms with E-state index in [2.05, 4.69) is 30.6 Å². The van der Waals surface area contributed by atoms with Crippen LogP contribution in [0.4, 0.5) is 8.78 Å². The van der Waals surface area contributed by atoms with Crippen LogP contribution in [0.15, 0.2) is 18.5 Å². The number of alkyl halides is 3. The lowest BCUT2D eigenvalue weighted by Crippen LogP contribution is -2.02. The summed E-state index contributed by atoms with van der Waals surface area (Å²) in [6, 6.07) is 3.05. The van der Waals surface area contributed by atoms with E-state index in [4.69, 9.17) is 0 Å². The quantitative estimate of drug-likeness (QED) is 0.875. The largest absolute Gasteiger partial charge is 0.435 e. The van der Waals surface area contributed by atoms with E-state index in [9.17, 15) is 8.78 Å². The molecule has 0 fully saturated rings. The molecule has 1 N–H and O–H groups in total. The molecule has 80 valence electrons. The minimum absolute atomic E-state index is 0.135. The smallest absolute Gasteiger partial charge is 0.387 e.